The van der Waals surface area contributed by atoms with E-state index in [1.165, 1.54) is 6.07 Å². The largest absolute Gasteiger partial charge is 0.444 e. The van der Waals surface area contributed by atoms with E-state index in [1.54, 1.807) is 6.20 Å². The number of ether oxygens (including phenoxy) is 1. The van der Waals surface area contributed by atoms with Crippen LogP contribution in [0, 0.1) is 23.0 Å². The van der Waals surface area contributed by atoms with E-state index < -0.39 is 31.6 Å². The maximum atomic E-state index is 14.9. The van der Waals surface area contributed by atoms with Crippen LogP contribution in [-0.4, -0.2) is 49.3 Å². The smallest absolute Gasteiger partial charge is 0.407 e. The van der Waals surface area contributed by atoms with E-state index >= 15 is 0 Å². The number of carbonyl (C=O) groups is 1. The summed E-state index contributed by atoms with van der Waals surface area (Å²) in [5, 5.41) is 6.70. The summed E-state index contributed by atoms with van der Waals surface area (Å²) in [6, 6.07) is 13.1. The monoisotopic (exact) mass is 656 g/mol. The second-order valence-electron chi connectivity index (χ2n) is 15.7. The van der Waals surface area contributed by atoms with Gasteiger partial charge in [0, 0.05) is 43.9 Å². The molecule has 3 aromatic rings. The van der Waals surface area contributed by atoms with Gasteiger partial charge < -0.3 is 24.4 Å². The lowest BCUT2D eigenvalue weighted by Gasteiger charge is -2.38. The van der Waals surface area contributed by atoms with E-state index in [-0.39, 0.29) is 28.0 Å². The normalized spacial score (nSPS) is 14.2. The summed E-state index contributed by atoms with van der Waals surface area (Å²) in [7, 11) is -2.07. The molecule has 1 aromatic heterocycles. The standard InChI is InChI=1S/C36H54F2N4O3Si/c1-34(2,3)31(39-20-26(21-40-33(43)45-35(4,5)6)24-44-46(10,11)36(7,8)9)32-41-30(28-19-27(37)17-18-29(28)38)23-42(32)22-25-15-13-12-14-16-25/h12-19,23,26,31,39H,20-22,24H2,1-11H3,(H,40,43). The van der Waals surface area contributed by atoms with Crippen LogP contribution in [0.15, 0.2) is 54.7 Å². The Hall–Kier alpha value is -3.08. The molecule has 7 nitrogen and oxygen atoms in total. The highest BCUT2D eigenvalue weighted by Crippen LogP contribution is 2.37. The number of alkyl carbamates (subject to hydrolysis) is 1. The van der Waals surface area contributed by atoms with Crippen LogP contribution in [-0.2, 0) is 15.7 Å². The summed E-state index contributed by atoms with van der Waals surface area (Å²) in [5.74, 6) is -0.430. The maximum Gasteiger partial charge on any atom is 0.407 e. The lowest BCUT2D eigenvalue weighted by atomic mass is 9.85. The molecule has 2 N–H and O–H groups in total. The summed E-state index contributed by atoms with van der Waals surface area (Å²) in [4.78, 5) is 17.5. The molecule has 0 saturated heterocycles. The van der Waals surface area contributed by atoms with Crippen LogP contribution in [0.2, 0.25) is 18.1 Å². The minimum atomic E-state index is -2.07. The fourth-order valence-corrected chi connectivity index (χ4v) is 5.82. The Kier molecular flexibility index (Phi) is 12.0. The van der Waals surface area contributed by atoms with Gasteiger partial charge in [0.05, 0.1) is 11.7 Å². The summed E-state index contributed by atoms with van der Waals surface area (Å²) in [6.45, 7) is 24.7. The van der Waals surface area contributed by atoms with Crippen molar-refractivity contribution in [3.8, 4) is 11.3 Å². The van der Waals surface area contributed by atoms with Gasteiger partial charge >= 0.3 is 6.09 Å². The van der Waals surface area contributed by atoms with Gasteiger partial charge in [0.15, 0.2) is 8.32 Å². The van der Waals surface area contributed by atoms with Crippen LogP contribution in [0.3, 0.4) is 0 Å². The van der Waals surface area contributed by atoms with Gasteiger partial charge in [-0.25, -0.2) is 18.6 Å². The number of carbonyl (C=O) groups excluding carboxylic acids is 1. The Morgan fingerprint density at radius 1 is 0.957 bits per heavy atom. The van der Waals surface area contributed by atoms with Crippen LogP contribution >= 0.6 is 0 Å². The van der Waals surface area contributed by atoms with Crippen LogP contribution in [0.4, 0.5) is 13.6 Å². The summed E-state index contributed by atoms with van der Waals surface area (Å²) >= 11 is 0. The van der Waals surface area contributed by atoms with Crippen molar-refractivity contribution >= 4 is 14.4 Å². The number of aromatic nitrogens is 2. The molecule has 254 valence electrons. The predicted molar refractivity (Wildman–Crippen MR) is 184 cm³/mol. The molecular weight excluding hydrogens is 603 g/mol. The molecule has 0 aliphatic carbocycles. The third kappa shape index (κ3) is 10.7. The number of nitrogens with one attached hydrogen (secondary N) is 2. The number of hydrogen-bond donors (Lipinski definition) is 2. The first-order valence-corrected chi connectivity index (χ1v) is 19.0. The first-order chi connectivity index (χ1) is 21.2. The molecule has 1 heterocycles. The lowest BCUT2D eigenvalue weighted by Crippen LogP contribution is -2.46. The average Bonchev–Trinajstić information content (AvgIpc) is 3.32. The zero-order valence-electron chi connectivity index (χ0n) is 29.6. The molecule has 10 heteroatoms. The predicted octanol–water partition coefficient (Wildman–Crippen LogP) is 8.72. The number of benzene rings is 2. The van der Waals surface area contributed by atoms with Crippen LogP contribution in [0.1, 0.15) is 79.7 Å². The molecule has 0 bridgehead atoms. The molecule has 1 amide bonds. The molecular formula is C36H54F2N4O3Si. The average molecular weight is 657 g/mol. The van der Waals surface area contributed by atoms with E-state index in [4.69, 9.17) is 14.1 Å². The number of nitrogens with zero attached hydrogens (tertiary/aromatic N) is 2. The lowest BCUT2D eigenvalue weighted by molar-refractivity contribution is 0.0512. The van der Waals surface area contributed by atoms with Gasteiger partial charge in [-0.05, 0) is 68.1 Å². The first kappa shape index (κ1) is 37.4. The molecule has 0 aliphatic heterocycles. The Balaban J connectivity index is 1.97. The van der Waals surface area contributed by atoms with Gasteiger partial charge in [0.2, 0.25) is 0 Å². The molecule has 0 spiro atoms. The Bertz CT molecular complexity index is 1440. The highest BCUT2D eigenvalue weighted by molar-refractivity contribution is 6.74. The summed E-state index contributed by atoms with van der Waals surface area (Å²) < 4.78 is 43.3. The van der Waals surface area contributed by atoms with Gasteiger partial charge in [-0.3, -0.25) is 0 Å². The zero-order valence-corrected chi connectivity index (χ0v) is 30.6. The van der Waals surface area contributed by atoms with Gasteiger partial charge in [-0.15, -0.1) is 0 Å². The maximum absolute atomic E-state index is 14.9. The van der Waals surface area contributed by atoms with E-state index in [0.29, 0.717) is 37.8 Å². The van der Waals surface area contributed by atoms with Crippen molar-refractivity contribution in [3.05, 3.63) is 77.8 Å². The van der Waals surface area contributed by atoms with Crippen LogP contribution in [0.5, 0.6) is 0 Å². The van der Waals surface area contributed by atoms with Crippen LogP contribution in [0.25, 0.3) is 11.3 Å². The molecule has 0 fully saturated rings. The number of amides is 1. The highest BCUT2D eigenvalue weighted by Gasteiger charge is 2.38. The van der Waals surface area contributed by atoms with Crippen molar-refractivity contribution in [2.24, 2.45) is 11.3 Å². The van der Waals surface area contributed by atoms with Crippen molar-refractivity contribution in [1.29, 1.82) is 0 Å². The van der Waals surface area contributed by atoms with Crippen molar-refractivity contribution in [2.75, 3.05) is 19.7 Å². The molecule has 0 aliphatic rings. The Morgan fingerprint density at radius 2 is 1.61 bits per heavy atom. The molecule has 2 unspecified atom stereocenters. The second-order valence-corrected chi connectivity index (χ2v) is 20.6. The third-order valence-corrected chi connectivity index (χ3v) is 12.9. The highest BCUT2D eigenvalue weighted by atomic mass is 28.4. The van der Waals surface area contributed by atoms with Crippen molar-refractivity contribution in [2.45, 2.75) is 98.6 Å². The summed E-state index contributed by atoms with van der Waals surface area (Å²) in [5.41, 5.74) is 0.608. The number of rotatable bonds is 12. The van der Waals surface area contributed by atoms with E-state index in [0.717, 1.165) is 17.7 Å². The number of halogens is 2. The fourth-order valence-electron chi connectivity index (χ4n) is 4.73. The molecule has 0 saturated carbocycles. The Labute approximate surface area is 275 Å². The molecule has 46 heavy (non-hydrogen) atoms. The number of imidazole rings is 1. The molecule has 2 atom stereocenters. The van der Waals surface area contributed by atoms with E-state index in [1.807, 2.05) is 55.7 Å². The molecule has 3 rings (SSSR count). The minimum Gasteiger partial charge on any atom is -0.444 e. The SMILES string of the molecule is CC(C)(C)OC(=O)NCC(CNC(c1nc(-c2cc(F)ccc2F)cn1Cc1ccccc1)C(C)(C)C)CO[Si](C)(C)C(C)(C)C. The van der Waals surface area contributed by atoms with E-state index in [2.05, 4.69) is 65.3 Å². The minimum absolute atomic E-state index is 0.0301. The number of hydrogen-bond acceptors (Lipinski definition) is 5. The molecule has 2 aromatic carbocycles. The quantitative estimate of drug-likeness (QED) is 0.191. The van der Waals surface area contributed by atoms with Gasteiger partial charge in [-0.1, -0.05) is 71.9 Å². The third-order valence-electron chi connectivity index (χ3n) is 8.36. The van der Waals surface area contributed by atoms with Crippen LogP contribution < -0.4 is 10.6 Å². The van der Waals surface area contributed by atoms with Gasteiger partial charge in [0.1, 0.15) is 23.1 Å². The fraction of sp³-hybridized carbons (Fsp3) is 0.556. The zero-order chi connectivity index (χ0) is 34.5. The first-order valence-electron chi connectivity index (χ1n) is 16.1. The van der Waals surface area contributed by atoms with Crippen molar-refractivity contribution in [1.82, 2.24) is 20.2 Å². The van der Waals surface area contributed by atoms with Gasteiger partial charge in [-0.2, -0.15) is 0 Å². The second kappa shape index (κ2) is 14.8. The Morgan fingerprint density at radius 3 is 2.20 bits per heavy atom. The van der Waals surface area contributed by atoms with E-state index in [9.17, 15) is 13.6 Å². The molecule has 0 radical (unpaired) electrons. The topological polar surface area (TPSA) is 77.4 Å². The van der Waals surface area contributed by atoms with Crippen molar-refractivity contribution < 1.29 is 22.7 Å². The van der Waals surface area contributed by atoms with Gasteiger partial charge in [0.25, 0.3) is 0 Å². The summed E-state index contributed by atoms with van der Waals surface area (Å²) in [6.07, 6.45) is 1.32. The van der Waals surface area contributed by atoms with Crippen molar-refractivity contribution in [3.63, 3.8) is 0 Å².